The molecule has 5 nitrogen and oxygen atoms in total. The predicted molar refractivity (Wildman–Crippen MR) is 66.0 cm³/mol. The molecule has 17 heavy (non-hydrogen) atoms. The second kappa shape index (κ2) is 6.71. The Morgan fingerprint density at radius 2 is 1.59 bits per heavy atom. The molecular formula is C10H11CaO5P. The summed E-state index contributed by atoms with van der Waals surface area (Å²) in [4.78, 5) is 17.3. The van der Waals surface area contributed by atoms with Gasteiger partial charge in [-0.15, -0.1) is 0 Å². The van der Waals surface area contributed by atoms with Gasteiger partial charge < -0.3 is 10.00 Å². The van der Waals surface area contributed by atoms with Gasteiger partial charge in [0.05, 0.1) is 0 Å². The van der Waals surface area contributed by atoms with Crippen LogP contribution in [-0.2, 0) is 4.57 Å². The predicted octanol–water partition coefficient (Wildman–Crippen LogP) is 1.11. The van der Waals surface area contributed by atoms with Gasteiger partial charge in [-0.25, -0.2) is 4.57 Å². The van der Waals surface area contributed by atoms with Crippen molar-refractivity contribution in [3.8, 4) is 5.75 Å². The number of benzene rings is 2. The Hall–Kier alpha value is -0.130. The SMILES string of the molecule is O.O=P(O)(O)Oc1ccc2ccccc2c1.[Ca]. The van der Waals surface area contributed by atoms with Crippen LogP contribution in [0.15, 0.2) is 42.5 Å². The second-order valence-electron chi connectivity index (χ2n) is 3.09. The minimum Gasteiger partial charge on any atom is -0.412 e. The first kappa shape index (κ1) is 16.9. The molecule has 0 bridgehead atoms. The van der Waals surface area contributed by atoms with Crippen LogP contribution in [0.25, 0.3) is 10.8 Å². The molecule has 2 aromatic carbocycles. The molecule has 2 radical (unpaired) electrons. The van der Waals surface area contributed by atoms with Crippen LogP contribution in [0.3, 0.4) is 0 Å². The Morgan fingerprint density at radius 1 is 1.00 bits per heavy atom. The van der Waals surface area contributed by atoms with E-state index < -0.39 is 7.82 Å². The molecule has 0 unspecified atom stereocenters. The molecular weight excluding hydrogens is 271 g/mol. The molecule has 0 heterocycles. The second-order valence-corrected chi connectivity index (χ2v) is 4.25. The molecule has 0 saturated carbocycles. The monoisotopic (exact) mass is 282 g/mol. The van der Waals surface area contributed by atoms with E-state index in [-0.39, 0.29) is 49.0 Å². The maximum absolute atomic E-state index is 10.6. The third kappa shape index (κ3) is 4.94. The summed E-state index contributed by atoms with van der Waals surface area (Å²) in [5, 5.41) is 1.87. The van der Waals surface area contributed by atoms with Crippen LogP contribution >= 0.6 is 7.82 Å². The van der Waals surface area contributed by atoms with Gasteiger partial charge in [-0.05, 0) is 22.9 Å². The Bertz CT molecular complexity index is 539. The average molecular weight is 282 g/mol. The van der Waals surface area contributed by atoms with E-state index in [1.807, 2.05) is 24.3 Å². The molecule has 7 heteroatoms. The van der Waals surface area contributed by atoms with Gasteiger partial charge in [-0.3, -0.25) is 9.79 Å². The van der Waals surface area contributed by atoms with Gasteiger partial charge in [0.25, 0.3) is 0 Å². The molecule has 4 N–H and O–H groups in total. The number of rotatable bonds is 2. The molecule has 0 aliphatic heterocycles. The first-order valence-electron chi connectivity index (χ1n) is 4.28. The summed E-state index contributed by atoms with van der Waals surface area (Å²) in [6.45, 7) is 0. The van der Waals surface area contributed by atoms with Crippen molar-refractivity contribution in [2.45, 2.75) is 0 Å². The van der Waals surface area contributed by atoms with E-state index >= 15 is 0 Å². The van der Waals surface area contributed by atoms with Gasteiger partial charge in [0.1, 0.15) is 5.75 Å². The zero-order chi connectivity index (χ0) is 10.9. The van der Waals surface area contributed by atoms with Crippen molar-refractivity contribution in [3.05, 3.63) is 42.5 Å². The summed E-state index contributed by atoms with van der Waals surface area (Å²) in [5.41, 5.74) is 0. The minimum atomic E-state index is -4.47. The molecule has 2 rings (SSSR count). The molecule has 0 fully saturated rings. The minimum absolute atomic E-state index is 0. The smallest absolute Gasteiger partial charge is 0.412 e. The molecule has 0 aliphatic rings. The zero-order valence-electron chi connectivity index (χ0n) is 8.91. The fraction of sp³-hybridized carbons (Fsp3) is 0. The summed E-state index contributed by atoms with van der Waals surface area (Å²) in [7, 11) is -4.47. The van der Waals surface area contributed by atoms with Gasteiger partial charge in [-0.1, -0.05) is 30.3 Å². The van der Waals surface area contributed by atoms with E-state index in [9.17, 15) is 4.57 Å². The molecule has 0 amide bonds. The van der Waals surface area contributed by atoms with Crippen molar-refractivity contribution in [2.24, 2.45) is 0 Å². The van der Waals surface area contributed by atoms with Gasteiger partial charge in [-0.2, -0.15) is 0 Å². The van der Waals surface area contributed by atoms with Crippen molar-refractivity contribution in [2.75, 3.05) is 0 Å². The van der Waals surface area contributed by atoms with Crippen molar-refractivity contribution < 1.29 is 24.4 Å². The first-order chi connectivity index (χ1) is 7.04. The third-order valence-corrected chi connectivity index (χ3v) is 2.39. The van der Waals surface area contributed by atoms with E-state index in [4.69, 9.17) is 9.79 Å². The fourth-order valence-electron chi connectivity index (χ4n) is 1.36. The number of phosphoric acid groups is 1. The van der Waals surface area contributed by atoms with E-state index in [0.717, 1.165) is 10.8 Å². The van der Waals surface area contributed by atoms with E-state index in [2.05, 4.69) is 4.52 Å². The zero-order valence-corrected chi connectivity index (χ0v) is 12.0. The molecule has 0 saturated heterocycles. The quantitative estimate of drug-likeness (QED) is 0.636. The van der Waals surface area contributed by atoms with Crippen LogP contribution in [0.4, 0.5) is 0 Å². The topological polar surface area (TPSA) is 98.3 Å². The van der Waals surface area contributed by atoms with Crippen LogP contribution in [0.5, 0.6) is 5.75 Å². The third-order valence-electron chi connectivity index (χ3n) is 1.95. The average Bonchev–Trinajstić information content (AvgIpc) is 2.15. The molecule has 0 atom stereocenters. The standard InChI is InChI=1S/C10H9O4P.Ca.H2O/c11-15(12,13)14-10-6-5-8-3-1-2-4-9(8)7-10;;/h1-7H,(H2,11,12,13);;1H2. The van der Waals surface area contributed by atoms with Crippen molar-refractivity contribution in [1.29, 1.82) is 0 Å². The van der Waals surface area contributed by atoms with Crippen LogP contribution in [0.1, 0.15) is 0 Å². The summed E-state index contributed by atoms with van der Waals surface area (Å²) >= 11 is 0. The Balaban J connectivity index is 0.00000128. The number of hydrogen-bond donors (Lipinski definition) is 2. The van der Waals surface area contributed by atoms with Gasteiger partial charge in [0, 0.05) is 37.7 Å². The maximum Gasteiger partial charge on any atom is 0.524 e. The molecule has 0 aliphatic carbocycles. The van der Waals surface area contributed by atoms with Crippen molar-refractivity contribution in [1.82, 2.24) is 0 Å². The largest absolute Gasteiger partial charge is 0.524 e. The Kier molecular flexibility index (Phi) is 6.66. The number of hydrogen-bond acceptors (Lipinski definition) is 2. The van der Waals surface area contributed by atoms with Gasteiger partial charge >= 0.3 is 7.82 Å². The number of fused-ring (bicyclic) bond motifs is 1. The summed E-state index contributed by atoms with van der Waals surface area (Å²) in [6, 6.07) is 12.4. The van der Waals surface area contributed by atoms with Crippen LogP contribution in [0.2, 0.25) is 0 Å². The Labute approximate surface area is 128 Å². The van der Waals surface area contributed by atoms with Crippen LogP contribution in [0, 0.1) is 0 Å². The first-order valence-corrected chi connectivity index (χ1v) is 5.81. The van der Waals surface area contributed by atoms with E-state index in [1.54, 1.807) is 12.1 Å². The van der Waals surface area contributed by atoms with E-state index in [0.29, 0.717) is 0 Å². The van der Waals surface area contributed by atoms with Crippen molar-refractivity contribution >= 4 is 56.3 Å². The van der Waals surface area contributed by atoms with E-state index in [1.165, 1.54) is 6.07 Å². The molecule has 0 aromatic heterocycles. The number of phosphoric ester groups is 1. The Morgan fingerprint density at radius 3 is 2.18 bits per heavy atom. The van der Waals surface area contributed by atoms with Crippen molar-refractivity contribution in [3.63, 3.8) is 0 Å². The van der Waals surface area contributed by atoms with Crippen LogP contribution < -0.4 is 4.52 Å². The molecule has 0 spiro atoms. The van der Waals surface area contributed by atoms with Gasteiger partial charge in [0.2, 0.25) is 0 Å². The summed E-state index contributed by atoms with van der Waals surface area (Å²) in [5.74, 6) is 0.169. The molecule has 88 valence electrons. The summed E-state index contributed by atoms with van der Waals surface area (Å²) < 4.78 is 15.1. The maximum atomic E-state index is 10.6. The van der Waals surface area contributed by atoms with Gasteiger partial charge in [0.15, 0.2) is 0 Å². The molecule has 2 aromatic rings. The fourth-order valence-corrected chi connectivity index (χ4v) is 1.75. The van der Waals surface area contributed by atoms with Crippen LogP contribution in [-0.4, -0.2) is 53.0 Å². The normalized spacial score (nSPS) is 10.2. The summed E-state index contributed by atoms with van der Waals surface area (Å²) in [6.07, 6.45) is 0.